The van der Waals surface area contributed by atoms with Crippen molar-refractivity contribution in [3.63, 3.8) is 0 Å². The van der Waals surface area contributed by atoms with Gasteiger partial charge < -0.3 is 5.11 Å². The Kier molecular flexibility index (Phi) is 5.47. The molecule has 0 saturated carbocycles. The number of hydrogen-bond donors (Lipinski definition) is 1. The fourth-order valence-electron chi connectivity index (χ4n) is 2.02. The van der Waals surface area contributed by atoms with Crippen LogP contribution in [0.2, 0.25) is 0 Å². The number of thioether (sulfide) groups is 1. The van der Waals surface area contributed by atoms with Gasteiger partial charge in [-0.2, -0.15) is 16.1 Å². The predicted octanol–water partition coefficient (Wildman–Crippen LogP) is 2.21. The minimum absolute atomic E-state index is 0.0258. The van der Waals surface area contributed by atoms with Gasteiger partial charge in [0.05, 0.1) is 6.61 Å². The van der Waals surface area contributed by atoms with E-state index in [1.54, 1.807) is 11.8 Å². The monoisotopic (exact) mass is 383 g/mol. The molecule has 2 rings (SSSR count). The van der Waals surface area contributed by atoms with Crippen molar-refractivity contribution in [2.24, 2.45) is 0 Å². The van der Waals surface area contributed by atoms with Crippen LogP contribution in [0.1, 0.15) is 12.0 Å². The molecule has 0 aliphatic carbocycles. The van der Waals surface area contributed by atoms with E-state index < -0.39 is 22.4 Å². The number of hydrogen-bond acceptors (Lipinski definition) is 4. The molecule has 20 heavy (non-hydrogen) atoms. The molecule has 1 fully saturated rings. The first-order valence-corrected chi connectivity index (χ1v) is 9.52. The number of halogens is 2. The number of sulfonamides is 1. The maximum absolute atomic E-state index is 14.2. The van der Waals surface area contributed by atoms with Gasteiger partial charge in [0.2, 0.25) is 10.0 Å². The second-order valence-electron chi connectivity index (χ2n) is 4.41. The van der Waals surface area contributed by atoms with Gasteiger partial charge >= 0.3 is 0 Å². The normalized spacial score (nSPS) is 17.9. The minimum atomic E-state index is -3.87. The maximum Gasteiger partial charge on any atom is 0.246 e. The molecular weight excluding hydrogens is 369 g/mol. The lowest BCUT2D eigenvalue weighted by Gasteiger charge is -2.20. The number of aliphatic hydroxyl groups is 1. The number of benzene rings is 1. The molecule has 0 spiro atoms. The van der Waals surface area contributed by atoms with Crippen molar-refractivity contribution in [2.45, 2.75) is 17.9 Å². The Morgan fingerprint density at radius 2 is 2.10 bits per heavy atom. The van der Waals surface area contributed by atoms with E-state index in [-0.39, 0.29) is 10.5 Å². The Morgan fingerprint density at radius 3 is 2.80 bits per heavy atom. The fourth-order valence-corrected chi connectivity index (χ4v) is 5.30. The summed E-state index contributed by atoms with van der Waals surface area (Å²) in [7, 11) is -3.87. The first-order chi connectivity index (χ1) is 9.46. The van der Waals surface area contributed by atoms with Crippen LogP contribution in [-0.4, -0.2) is 42.4 Å². The molecule has 1 aromatic carbocycles. The molecule has 1 saturated heterocycles. The van der Waals surface area contributed by atoms with Crippen molar-refractivity contribution in [1.29, 1.82) is 0 Å². The highest BCUT2D eigenvalue weighted by Crippen LogP contribution is 2.27. The second kappa shape index (κ2) is 6.74. The van der Waals surface area contributed by atoms with E-state index >= 15 is 0 Å². The zero-order valence-corrected chi connectivity index (χ0v) is 13.9. The van der Waals surface area contributed by atoms with Crippen LogP contribution in [0.3, 0.4) is 0 Å². The van der Waals surface area contributed by atoms with E-state index in [4.69, 9.17) is 5.11 Å². The van der Waals surface area contributed by atoms with Gasteiger partial charge in [0, 0.05) is 28.9 Å². The molecule has 0 radical (unpaired) electrons. The lowest BCUT2D eigenvalue weighted by atomic mass is 10.2. The Morgan fingerprint density at radius 1 is 1.35 bits per heavy atom. The maximum atomic E-state index is 14.2. The average Bonchev–Trinajstić information content (AvgIpc) is 2.70. The molecule has 0 aromatic heterocycles. The lowest BCUT2D eigenvalue weighted by molar-refractivity contribution is 0.274. The van der Waals surface area contributed by atoms with Crippen LogP contribution in [0, 0.1) is 5.82 Å². The highest BCUT2D eigenvalue weighted by atomic mass is 79.9. The summed E-state index contributed by atoms with van der Waals surface area (Å²) in [5.74, 6) is 0.754. The molecule has 0 bridgehead atoms. The van der Waals surface area contributed by atoms with Gasteiger partial charge in [0.25, 0.3) is 0 Å². The smallest absolute Gasteiger partial charge is 0.246 e. The van der Waals surface area contributed by atoms with Crippen molar-refractivity contribution >= 4 is 37.7 Å². The Hall–Kier alpha value is -0.150. The molecule has 0 atom stereocenters. The SMILES string of the molecule is O=S(=O)(c1cc(Br)cc(CO)c1F)N1CCCSCC1. The third-order valence-corrected chi connectivity index (χ3v) is 6.45. The predicted molar refractivity (Wildman–Crippen MR) is 80.7 cm³/mol. The summed E-state index contributed by atoms with van der Waals surface area (Å²) in [6.45, 7) is 0.243. The zero-order valence-electron chi connectivity index (χ0n) is 10.7. The number of nitrogens with zero attached hydrogens (tertiary/aromatic N) is 1. The summed E-state index contributed by atoms with van der Waals surface area (Å²) in [5.41, 5.74) is -0.0258. The van der Waals surface area contributed by atoms with Gasteiger partial charge in [0.1, 0.15) is 10.7 Å². The van der Waals surface area contributed by atoms with Crippen LogP contribution in [0.4, 0.5) is 4.39 Å². The Labute approximate surface area is 130 Å². The molecule has 1 aromatic rings. The summed E-state index contributed by atoms with van der Waals surface area (Å²) < 4.78 is 41.1. The summed E-state index contributed by atoms with van der Waals surface area (Å²) in [5, 5.41) is 9.12. The van der Waals surface area contributed by atoms with Gasteiger partial charge in [0.15, 0.2) is 0 Å². The number of aliphatic hydroxyl groups excluding tert-OH is 1. The molecule has 8 heteroatoms. The molecule has 0 amide bonds. The third-order valence-electron chi connectivity index (χ3n) is 3.05. The molecule has 112 valence electrons. The van der Waals surface area contributed by atoms with Crippen LogP contribution < -0.4 is 0 Å². The van der Waals surface area contributed by atoms with Crippen LogP contribution in [0.15, 0.2) is 21.5 Å². The molecule has 4 nitrogen and oxygen atoms in total. The molecular formula is C12H15BrFNO3S2. The molecule has 0 unspecified atom stereocenters. The Bertz CT molecular complexity index is 587. The topological polar surface area (TPSA) is 57.6 Å². The molecule has 1 aliphatic rings. The largest absolute Gasteiger partial charge is 0.392 e. The lowest BCUT2D eigenvalue weighted by Crippen LogP contribution is -2.33. The number of rotatable bonds is 3. The van der Waals surface area contributed by atoms with E-state index in [1.165, 1.54) is 16.4 Å². The van der Waals surface area contributed by atoms with Crippen molar-refractivity contribution in [3.8, 4) is 0 Å². The van der Waals surface area contributed by atoms with Gasteiger partial charge in [-0.05, 0) is 24.3 Å². The fraction of sp³-hybridized carbons (Fsp3) is 0.500. The van der Waals surface area contributed by atoms with Crippen LogP contribution in [-0.2, 0) is 16.6 Å². The van der Waals surface area contributed by atoms with Crippen molar-refractivity contribution in [1.82, 2.24) is 4.31 Å². The Balaban J connectivity index is 2.45. The standard InChI is InChI=1S/C12H15BrFNO3S2/c13-10-6-9(8-16)12(14)11(7-10)20(17,18)15-2-1-4-19-5-3-15/h6-7,16H,1-5,8H2. The molecule has 1 aliphatic heterocycles. The van der Waals surface area contributed by atoms with Crippen molar-refractivity contribution in [3.05, 3.63) is 28.0 Å². The van der Waals surface area contributed by atoms with E-state index in [1.807, 2.05) is 0 Å². The zero-order chi connectivity index (χ0) is 14.8. The minimum Gasteiger partial charge on any atom is -0.392 e. The van der Waals surface area contributed by atoms with Gasteiger partial charge in [-0.3, -0.25) is 0 Å². The molecule has 1 heterocycles. The van der Waals surface area contributed by atoms with E-state index in [0.717, 1.165) is 12.2 Å². The highest BCUT2D eigenvalue weighted by molar-refractivity contribution is 9.10. The van der Waals surface area contributed by atoms with Crippen LogP contribution in [0.25, 0.3) is 0 Å². The first kappa shape index (κ1) is 16.2. The van der Waals surface area contributed by atoms with E-state index in [0.29, 0.717) is 23.3 Å². The summed E-state index contributed by atoms with van der Waals surface area (Å²) in [6, 6.07) is 2.63. The van der Waals surface area contributed by atoms with Gasteiger partial charge in [-0.25, -0.2) is 12.8 Å². The summed E-state index contributed by atoms with van der Waals surface area (Å²) in [4.78, 5) is -0.372. The van der Waals surface area contributed by atoms with Crippen LogP contribution >= 0.6 is 27.7 Å². The van der Waals surface area contributed by atoms with Crippen molar-refractivity contribution < 1.29 is 17.9 Å². The second-order valence-corrected chi connectivity index (χ2v) is 8.45. The van der Waals surface area contributed by atoms with E-state index in [2.05, 4.69) is 15.9 Å². The highest BCUT2D eigenvalue weighted by Gasteiger charge is 2.29. The summed E-state index contributed by atoms with van der Waals surface area (Å²) in [6.07, 6.45) is 0.756. The van der Waals surface area contributed by atoms with Gasteiger partial charge in [-0.1, -0.05) is 15.9 Å². The van der Waals surface area contributed by atoms with E-state index in [9.17, 15) is 12.8 Å². The quantitative estimate of drug-likeness (QED) is 0.868. The third kappa shape index (κ3) is 3.36. The molecule has 1 N–H and O–H groups in total. The average molecular weight is 384 g/mol. The first-order valence-electron chi connectivity index (χ1n) is 6.13. The van der Waals surface area contributed by atoms with Gasteiger partial charge in [-0.15, -0.1) is 0 Å². The van der Waals surface area contributed by atoms with Crippen molar-refractivity contribution in [2.75, 3.05) is 24.6 Å². The van der Waals surface area contributed by atoms with Crippen LogP contribution in [0.5, 0.6) is 0 Å². The summed E-state index contributed by atoms with van der Waals surface area (Å²) >= 11 is 4.85.